The summed E-state index contributed by atoms with van der Waals surface area (Å²) in [7, 11) is 0. The lowest BCUT2D eigenvalue weighted by atomic mass is 10.1. The van der Waals surface area contributed by atoms with Gasteiger partial charge in [0, 0.05) is 16.6 Å². The predicted molar refractivity (Wildman–Crippen MR) is 80.6 cm³/mol. The Bertz CT molecular complexity index is 606. The average molecular weight is 370 g/mol. The third kappa shape index (κ3) is 3.10. The van der Waals surface area contributed by atoms with Crippen LogP contribution in [0.4, 0.5) is 0 Å². The highest BCUT2D eigenvalue weighted by atomic mass is 79.9. The van der Waals surface area contributed by atoms with Gasteiger partial charge in [-0.25, -0.2) is 4.79 Å². The number of nitrogens with zero attached hydrogens (tertiary/aromatic N) is 1. The van der Waals surface area contributed by atoms with Crippen LogP contribution in [-0.2, 0) is 20.9 Å². The van der Waals surface area contributed by atoms with E-state index in [0.717, 1.165) is 15.8 Å². The number of hydrogen-bond acceptors (Lipinski definition) is 4. The minimum absolute atomic E-state index is 0.167. The number of aliphatic carboxylic acids is 1. The fourth-order valence-corrected chi connectivity index (χ4v) is 3.16. The van der Waals surface area contributed by atoms with E-state index >= 15 is 0 Å². The summed E-state index contributed by atoms with van der Waals surface area (Å²) in [6.45, 7) is 1.31. The molecule has 3 rings (SSSR count). The molecule has 1 aromatic carbocycles. The number of rotatable bonds is 2. The lowest BCUT2D eigenvalue weighted by Gasteiger charge is -2.23. The Balaban J connectivity index is 1.72. The Morgan fingerprint density at radius 2 is 2.05 bits per heavy atom. The number of hydrogen-bond donors (Lipinski definition) is 1. The number of carboxylic acids is 1. The van der Waals surface area contributed by atoms with Crippen LogP contribution in [0, 0.1) is 0 Å². The Hall–Kier alpha value is -1.60. The first kappa shape index (κ1) is 15.3. The van der Waals surface area contributed by atoms with Crippen LogP contribution in [0.3, 0.4) is 0 Å². The zero-order chi connectivity index (χ0) is 15.7. The zero-order valence-electron chi connectivity index (χ0n) is 11.8. The fraction of sp³-hybridized carbons (Fsp3) is 0.467. The number of carbonyl (C=O) groups excluding carboxylic acids is 1. The van der Waals surface area contributed by atoms with Crippen molar-refractivity contribution in [1.29, 1.82) is 0 Å². The number of amides is 1. The van der Waals surface area contributed by atoms with Gasteiger partial charge in [0.2, 0.25) is 0 Å². The predicted octanol–water partition coefficient (Wildman–Crippen LogP) is 1.80. The Kier molecular flexibility index (Phi) is 4.35. The van der Waals surface area contributed by atoms with Crippen molar-refractivity contribution in [3.05, 3.63) is 28.2 Å². The Morgan fingerprint density at radius 3 is 2.77 bits per heavy atom. The fourth-order valence-electron chi connectivity index (χ4n) is 2.76. The molecule has 0 radical (unpaired) electrons. The minimum Gasteiger partial charge on any atom is -0.491 e. The molecule has 0 saturated carbocycles. The van der Waals surface area contributed by atoms with E-state index in [-0.39, 0.29) is 5.91 Å². The molecule has 2 aliphatic rings. The third-order valence-electron chi connectivity index (χ3n) is 3.88. The smallest absolute Gasteiger partial charge is 0.332 e. The van der Waals surface area contributed by atoms with Crippen molar-refractivity contribution in [1.82, 2.24) is 4.90 Å². The number of carboxylic acid groups (broad SMARTS) is 1. The number of fused-ring (bicyclic) bond motifs is 1. The second-order valence-corrected chi connectivity index (χ2v) is 6.30. The molecule has 2 atom stereocenters. The maximum Gasteiger partial charge on any atom is 0.332 e. The van der Waals surface area contributed by atoms with E-state index in [0.29, 0.717) is 32.5 Å². The molecular formula is C15H16BrNO5. The van der Waals surface area contributed by atoms with E-state index in [1.54, 1.807) is 4.90 Å². The molecule has 0 spiro atoms. The van der Waals surface area contributed by atoms with Gasteiger partial charge in [-0.05, 0) is 31.0 Å². The Labute approximate surface area is 136 Å². The maximum atomic E-state index is 12.6. The largest absolute Gasteiger partial charge is 0.491 e. The van der Waals surface area contributed by atoms with Crippen molar-refractivity contribution in [3.8, 4) is 5.75 Å². The summed E-state index contributed by atoms with van der Waals surface area (Å²) < 4.78 is 11.9. The molecule has 2 heterocycles. The van der Waals surface area contributed by atoms with E-state index in [4.69, 9.17) is 14.6 Å². The van der Waals surface area contributed by atoms with Crippen molar-refractivity contribution in [2.45, 2.75) is 31.6 Å². The first-order valence-electron chi connectivity index (χ1n) is 7.13. The third-order valence-corrected chi connectivity index (χ3v) is 4.38. The van der Waals surface area contributed by atoms with Crippen molar-refractivity contribution in [3.63, 3.8) is 0 Å². The van der Waals surface area contributed by atoms with Crippen LogP contribution < -0.4 is 4.74 Å². The van der Waals surface area contributed by atoms with Crippen LogP contribution in [0.2, 0.25) is 0 Å². The van der Waals surface area contributed by atoms with Crippen LogP contribution in [0.1, 0.15) is 18.4 Å². The van der Waals surface area contributed by atoms with Gasteiger partial charge in [0.05, 0.1) is 6.54 Å². The lowest BCUT2D eigenvalue weighted by Crippen LogP contribution is -2.40. The van der Waals surface area contributed by atoms with Crippen molar-refractivity contribution in [2.75, 3.05) is 13.2 Å². The van der Waals surface area contributed by atoms with E-state index < -0.39 is 18.2 Å². The minimum atomic E-state index is -1.01. The highest BCUT2D eigenvalue weighted by molar-refractivity contribution is 9.10. The van der Waals surface area contributed by atoms with Crippen LogP contribution in [0.15, 0.2) is 22.7 Å². The summed E-state index contributed by atoms with van der Waals surface area (Å²) in [5, 5.41) is 8.95. The maximum absolute atomic E-state index is 12.6. The topological polar surface area (TPSA) is 76.1 Å². The van der Waals surface area contributed by atoms with Crippen molar-refractivity contribution >= 4 is 27.8 Å². The molecule has 1 aromatic rings. The summed E-state index contributed by atoms with van der Waals surface area (Å²) in [6.07, 6.45) is -0.732. The highest BCUT2D eigenvalue weighted by Gasteiger charge is 2.37. The normalized spacial score (nSPS) is 24.3. The van der Waals surface area contributed by atoms with Gasteiger partial charge in [-0.15, -0.1) is 0 Å². The molecule has 0 aliphatic carbocycles. The molecule has 1 saturated heterocycles. The standard InChI is InChI=1S/C15H16BrNO5/c16-10-1-2-11-9(7-10)8-17(5-6-21-11)14(18)12-3-4-13(22-12)15(19)20/h1-2,7,12-13H,3-6,8H2,(H,19,20)/t12-,13+/m0/s1. The first-order valence-corrected chi connectivity index (χ1v) is 7.92. The molecule has 0 aromatic heterocycles. The quantitative estimate of drug-likeness (QED) is 0.859. The molecule has 0 bridgehead atoms. The number of benzene rings is 1. The summed E-state index contributed by atoms with van der Waals surface area (Å²) in [5.74, 6) is -0.404. The monoisotopic (exact) mass is 369 g/mol. The second kappa shape index (κ2) is 6.26. The summed E-state index contributed by atoms with van der Waals surface area (Å²) >= 11 is 3.41. The van der Waals surface area contributed by atoms with Gasteiger partial charge in [0.25, 0.3) is 5.91 Å². The molecule has 1 amide bonds. The van der Waals surface area contributed by atoms with Gasteiger partial charge in [-0.3, -0.25) is 4.79 Å². The van der Waals surface area contributed by atoms with Crippen LogP contribution in [0.5, 0.6) is 5.75 Å². The highest BCUT2D eigenvalue weighted by Crippen LogP contribution is 2.28. The zero-order valence-corrected chi connectivity index (χ0v) is 13.4. The second-order valence-electron chi connectivity index (χ2n) is 5.39. The lowest BCUT2D eigenvalue weighted by molar-refractivity contribution is -0.155. The summed E-state index contributed by atoms with van der Waals surface area (Å²) in [6, 6.07) is 5.70. The van der Waals surface area contributed by atoms with Gasteiger partial charge in [-0.1, -0.05) is 15.9 Å². The number of ether oxygens (including phenoxy) is 2. The van der Waals surface area contributed by atoms with Crippen LogP contribution in [0.25, 0.3) is 0 Å². The molecule has 118 valence electrons. The summed E-state index contributed by atoms with van der Waals surface area (Å²) in [5.41, 5.74) is 0.924. The van der Waals surface area contributed by atoms with Crippen LogP contribution in [-0.4, -0.2) is 47.2 Å². The van der Waals surface area contributed by atoms with Gasteiger partial charge < -0.3 is 19.5 Å². The van der Waals surface area contributed by atoms with E-state index in [9.17, 15) is 9.59 Å². The SMILES string of the molecule is O=C(O)[C@H]1CC[C@@H](C(=O)N2CCOc3ccc(Br)cc3C2)O1. The van der Waals surface area contributed by atoms with Gasteiger partial charge in [0.15, 0.2) is 6.10 Å². The summed E-state index contributed by atoms with van der Waals surface area (Å²) in [4.78, 5) is 25.2. The van der Waals surface area contributed by atoms with Crippen molar-refractivity contribution in [2.24, 2.45) is 0 Å². The van der Waals surface area contributed by atoms with E-state index in [1.807, 2.05) is 18.2 Å². The molecule has 7 heteroatoms. The van der Waals surface area contributed by atoms with E-state index in [1.165, 1.54) is 0 Å². The average Bonchev–Trinajstić information content (AvgIpc) is 2.88. The molecule has 2 aliphatic heterocycles. The van der Waals surface area contributed by atoms with E-state index in [2.05, 4.69) is 15.9 Å². The molecule has 0 unspecified atom stereocenters. The van der Waals surface area contributed by atoms with Crippen molar-refractivity contribution < 1.29 is 24.2 Å². The number of carbonyl (C=O) groups is 2. The Morgan fingerprint density at radius 1 is 1.27 bits per heavy atom. The van der Waals surface area contributed by atoms with Gasteiger partial charge >= 0.3 is 5.97 Å². The van der Waals surface area contributed by atoms with Gasteiger partial charge in [-0.2, -0.15) is 0 Å². The molecular weight excluding hydrogens is 354 g/mol. The molecule has 6 nitrogen and oxygen atoms in total. The first-order chi connectivity index (χ1) is 10.5. The molecule has 1 fully saturated rings. The number of halogens is 1. The van der Waals surface area contributed by atoms with Crippen LogP contribution >= 0.6 is 15.9 Å². The van der Waals surface area contributed by atoms with Gasteiger partial charge in [0.1, 0.15) is 18.5 Å². The molecule has 22 heavy (non-hydrogen) atoms. The molecule has 1 N–H and O–H groups in total.